The Morgan fingerprint density at radius 1 is 1.37 bits per heavy atom. The fraction of sp³-hybridized carbons (Fsp3) is 0.381. The molecule has 0 atom stereocenters. The van der Waals surface area contributed by atoms with Crippen LogP contribution < -0.4 is 5.56 Å². The van der Waals surface area contributed by atoms with Gasteiger partial charge in [0, 0.05) is 36.1 Å². The number of nitrogens with zero attached hydrogens (tertiary/aromatic N) is 3. The molecule has 2 heterocycles. The van der Waals surface area contributed by atoms with Crippen LogP contribution in [0, 0.1) is 5.82 Å². The lowest BCUT2D eigenvalue weighted by atomic mass is 9.97. The molecule has 0 saturated heterocycles. The van der Waals surface area contributed by atoms with Crippen LogP contribution in [0.5, 0.6) is 0 Å². The van der Waals surface area contributed by atoms with Gasteiger partial charge in [0.1, 0.15) is 10.6 Å². The third-order valence-electron chi connectivity index (χ3n) is 5.36. The van der Waals surface area contributed by atoms with E-state index in [0.29, 0.717) is 10.2 Å². The Kier molecular flexibility index (Phi) is 6.18. The van der Waals surface area contributed by atoms with E-state index in [1.54, 1.807) is 31.5 Å². The first-order chi connectivity index (χ1) is 14.4. The minimum Gasteiger partial charge on any atom is -0.341 e. The van der Waals surface area contributed by atoms with Crippen molar-refractivity contribution in [3.05, 3.63) is 55.4 Å². The van der Waals surface area contributed by atoms with E-state index in [2.05, 4.69) is 4.98 Å². The van der Waals surface area contributed by atoms with Crippen LogP contribution in [-0.2, 0) is 31.2 Å². The maximum atomic E-state index is 14.0. The molecule has 0 bridgehead atoms. The molecule has 2 aromatic heterocycles. The number of hydrogen-bond acceptors (Lipinski definition) is 5. The maximum Gasteiger partial charge on any atom is 0.262 e. The lowest BCUT2D eigenvalue weighted by Crippen LogP contribution is -2.29. The number of aryl methyl sites for hydroxylation is 2. The Bertz CT molecular complexity index is 1170. The van der Waals surface area contributed by atoms with Gasteiger partial charge in [0.2, 0.25) is 5.91 Å². The summed E-state index contributed by atoms with van der Waals surface area (Å²) in [5.74, 6) is -0.537. The average Bonchev–Trinajstić information content (AvgIpc) is 3.10. The van der Waals surface area contributed by atoms with Crippen molar-refractivity contribution < 1.29 is 9.18 Å². The highest BCUT2D eigenvalue weighted by molar-refractivity contribution is 7.99. The summed E-state index contributed by atoms with van der Waals surface area (Å²) in [6, 6.07) is 4.45. The molecule has 0 saturated carbocycles. The second kappa shape index (κ2) is 8.69. The summed E-state index contributed by atoms with van der Waals surface area (Å²) in [4.78, 5) is 33.7. The molecule has 30 heavy (non-hydrogen) atoms. The Morgan fingerprint density at radius 3 is 2.90 bits per heavy atom. The van der Waals surface area contributed by atoms with Crippen molar-refractivity contribution in [3.63, 3.8) is 0 Å². The molecule has 0 radical (unpaired) electrons. The predicted octanol–water partition coefficient (Wildman–Crippen LogP) is 4.42. The van der Waals surface area contributed by atoms with Crippen LogP contribution in [0.2, 0.25) is 5.02 Å². The lowest BCUT2D eigenvalue weighted by molar-refractivity contribution is -0.127. The van der Waals surface area contributed by atoms with Gasteiger partial charge in [-0.25, -0.2) is 9.37 Å². The zero-order chi connectivity index (χ0) is 21.4. The molecule has 0 aliphatic heterocycles. The van der Waals surface area contributed by atoms with Crippen molar-refractivity contribution in [2.45, 2.75) is 37.4 Å². The summed E-state index contributed by atoms with van der Waals surface area (Å²) in [6.45, 7) is 0.0773. The normalized spacial score (nSPS) is 13.5. The summed E-state index contributed by atoms with van der Waals surface area (Å²) in [6.07, 6.45) is 4.18. The molecule has 1 aliphatic rings. The van der Waals surface area contributed by atoms with Gasteiger partial charge in [-0.05, 0) is 43.4 Å². The van der Waals surface area contributed by atoms with Gasteiger partial charge < -0.3 is 4.90 Å². The zero-order valence-corrected chi connectivity index (χ0v) is 19.1. The summed E-state index contributed by atoms with van der Waals surface area (Å²) in [5.41, 5.74) is 1.39. The van der Waals surface area contributed by atoms with Crippen LogP contribution in [0.3, 0.4) is 0 Å². The third kappa shape index (κ3) is 4.00. The molecule has 4 rings (SSSR count). The molecule has 9 heteroatoms. The number of fused-ring (bicyclic) bond motifs is 3. The average molecular weight is 466 g/mol. The minimum atomic E-state index is -0.439. The first kappa shape index (κ1) is 21.3. The Hall–Kier alpha value is -1.90. The monoisotopic (exact) mass is 465 g/mol. The molecule has 1 aromatic carbocycles. The fourth-order valence-corrected chi connectivity index (χ4v) is 6.08. The standard InChI is InChI=1S/C21H21ClFN3O2S2/c1-25(10-13-14(22)7-5-8-15(13)23)17(27)11-29-21-24-19-18(20(28)26(21)2)12-6-3-4-9-16(12)30-19/h5,7-8H,3-4,6,9-11H2,1-2H3. The van der Waals surface area contributed by atoms with Crippen LogP contribution in [0.25, 0.3) is 10.2 Å². The number of carbonyl (C=O) groups excluding carboxylic acids is 1. The number of hydrogen-bond donors (Lipinski definition) is 0. The molecular weight excluding hydrogens is 445 g/mol. The summed E-state index contributed by atoms with van der Waals surface area (Å²) in [7, 11) is 3.30. The van der Waals surface area contributed by atoms with Crippen LogP contribution in [0.15, 0.2) is 28.2 Å². The zero-order valence-electron chi connectivity index (χ0n) is 16.7. The molecule has 1 amide bonds. The maximum absolute atomic E-state index is 14.0. The molecular formula is C21H21ClFN3O2S2. The molecule has 1 aliphatic carbocycles. The third-order valence-corrected chi connectivity index (χ3v) is 7.92. The highest BCUT2D eigenvalue weighted by Crippen LogP contribution is 2.34. The summed E-state index contributed by atoms with van der Waals surface area (Å²) < 4.78 is 15.5. The van der Waals surface area contributed by atoms with Crippen molar-refractivity contribution >= 4 is 50.8 Å². The second-order valence-electron chi connectivity index (χ2n) is 7.39. The summed E-state index contributed by atoms with van der Waals surface area (Å²) >= 11 is 8.87. The first-order valence-corrected chi connectivity index (χ1v) is 11.9. The number of benzene rings is 1. The van der Waals surface area contributed by atoms with E-state index in [1.165, 1.54) is 38.2 Å². The van der Waals surface area contributed by atoms with E-state index in [4.69, 9.17) is 11.6 Å². The lowest BCUT2D eigenvalue weighted by Gasteiger charge is -2.18. The predicted molar refractivity (Wildman–Crippen MR) is 120 cm³/mol. The van der Waals surface area contributed by atoms with Crippen molar-refractivity contribution in [2.24, 2.45) is 7.05 Å². The van der Waals surface area contributed by atoms with Crippen molar-refractivity contribution in [3.8, 4) is 0 Å². The van der Waals surface area contributed by atoms with Gasteiger partial charge in [0.25, 0.3) is 5.56 Å². The molecule has 0 N–H and O–H groups in total. The van der Waals surface area contributed by atoms with Gasteiger partial charge in [0.15, 0.2) is 5.16 Å². The Balaban J connectivity index is 1.51. The van der Waals surface area contributed by atoms with Gasteiger partial charge in [-0.3, -0.25) is 14.2 Å². The summed E-state index contributed by atoms with van der Waals surface area (Å²) in [5, 5.41) is 1.54. The van der Waals surface area contributed by atoms with Crippen molar-refractivity contribution in [1.29, 1.82) is 0 Å². The van der Waals surface area contributed by atoms with E-state index in [9.17, 15) is 14.0 Å². The number of aromatic nitrogens is 2. The van der Waals surface area contributed by atoms with Gasteiger partial charge in [-0.2, -0.15) is 0 Å². The van der Waals surface area contributed by atoms with Crippen LogP contribution in [0.1, 0.15) is 28.8 Å². The van der Waals surface area contributed by atoms with E-state index >= 15 is 0 Å². The topological polar surface area (TPSA) is 55.2 Å². The van der Waals surface area contributed by atoms with Crippen molar-refractivity contribution in [1.82, 2.24) is 14.5 Å². The van der Waals surface area contributed by atoms with Crippen LogP contribution in [0.4, 0.5) is 4.39 Å². The van der Waals surface area contributed by atoms with E-state index in [-0.39, 0.29) is 29.3 Å². The molecule has 3 aromatic rings. The number of thioether (sulfide) groups is 1. The highest BCUT2D eigenvalue weighted by atomic mass is 35.5. The number of amides is 1. The molecule has 5 nitrogen and oxygen atoms in total. The number of thiophene rings is 1. The quantitative estimate of drug-likeness (QED) is 0.413. The van der Waals surface area contributed by atoms with Crippen LogP contribution in [-0.4, -0.2) is 33.2 Å². The van der Waals surface area contributed by atoms with Gasteiger partial charge in [-0.1, -0.05) is 29.4 Å². The van der Waals surface area contributed by atoms with Gasteiger partial charge in [0.05, 0.1) is 11.1 Å². The van der Waals surface area contributed by atoms with Gasteiger partial charge in [-0.15, -0.1) is 11.3 Å². The highest BCUT2D eigenvalue weighted by Gasteiger charge is 2.22. The SMILES string of the molecule is CN(Cc1c(F)cccc1Cl)C(=O)CSc1nc2sc3c(c2c(=O)n1C)CCCC3. The second-order valence-corrected chi connectivity index (χ2v) is 9.82. The number of carbonyl (C=O) groups is 1. The fourth-order valence-electron chi connectivity index (χ4n) is 3.64. The van der Waals surface area contributed by atoms with Crippen molar-refractivity contribution in [2.75, 3.05) is 12.8 Å². The smallest absolute Gasteiger partial charge is 0.262 e. The Morgan fingerprint density at radius 2 is 2.13 bits per heavy atom. The Labute approximate surface area is 186 Å². The van der Waals surface area contributed by atoms with E-state index in [0.717, 1.165) is 41.5 Å². The minimum absolute atomic E-state index is 0.0548. The number of rotatable bonds is 5. The number of halogens is 2. The van der Waals surface area contributed by atoms with Crippen LogP contribution >= 0.6 is 34.7 Å². The van der Waals surface area contributed by atoms with E-state index < -0.39 is 5.82 Å². The van der Waals surface area contributed by atoms with E-state index in [1.807, 2.05) is 0 Å². The first-order valence-electron chi connectivity index (χ1n) is 9.67. The molecule has 0 spiro atoms. The molecule has 158 valence electrons. The molecule has 0 fully saturated rings. The largest absolute Gasteiger partial charge is 0.341 e. The molecule has 0 unspecified atom stereocenters. The van der Waals surface area contributed by atoms with Gasteiger partial charge >= 0.3 is 0 Å².